The van der Waals surface area contributed by atoms with Crippen LogP contribution in [0.15, 0.2) is 42.7 Å². The molecule has 0 saturated heterocycles. The summed E-state index contributed by atoms with van der Waals surface area (Å²) in [6.45, 7) is 0. The second kappa shape index (κ2) is 5.86. The summed E-state index contributed by atoms with van der Waals surface area (Å²) >= 11 is 0. The molecule has 0 radical (unpaired) electrons. The normalized spacial score (nSPS) is 9.79. The van der Waals surface area contributed by atoms with Crippen LogP contribution in [-0.4, -0.2) is 25.0 Å². The second-order valence-electron chi connectivity index (χ2n) is 3.83. The second-order valence-corrected chi connectivity index (χ2v) is 3.83. The number of rotatable bonds is 4. The fraction of sp³-hybridized carbons (Fsp3) is 0.143. The van der Waals surface area contributed by atoms with Crippen LogP contribution < -0.4 is 15.4 Å². The van der Waals surface area contributed by atoms with Gasteiger partial charge in [0.2, 0.25) is 0 Å². The topological polar surface area (TPSA) is 63.2 Å². The molecular weight excluding hydrogens is 242 g/mol. The van der Waals surface area contributed by atoms with E-state index < -0.39 is 0 Å². The Kier molecular flexibility index (Phi) is 3.97. The molecule has 2 aromatic rings. The first kappa shape index (κ1) is 12.9. The van der Waals surface area contributed by atoms with E-state index in [-0.39, 0.29) is 5.91 Å². The van der Waals surface area contributed by atoms with Crippen LogP contribution >= 0.6 is 0 Å². The number of nitrogens with zero attached hydrogens (tertiary/aromatic N) is 1. The van der Waals surface area contributed by atoms with E-state index in [4.69, 9.17) is 4.74 Å². The molecule has 0 unspecified atom stereocenters. The maximum Gasteiger partial charge on any atom is 0.259 e. The number of nitrogens with one attached hydrogen (secondary N) is 2. The number of methoxy groups -OCH3 is 1. The van der Waals surface area contributed by atoms with Gasteiger partial charge in [-0.15, -0.1) is 0 Å². The minimum absolute atomic E-state index is 0.234. The van der Waals surface area contributed by atoms with E-state index in [1.165, 1.54) is 6.20 Å². The van der Waals surface area contributed by atoms with E-state index in [2.05, 4.69) is 15.6 Å². The summed E-state index contributed by atoms with van der Waals surface area (Å²) in [5.74, 6) is 0.382. The van der Waals surface area contributed by atoms with Gasteiger partial charge in [0, 0.05) is 25.1 Å². The number of para-hydroxylation sites is 2. The van der Waals surface area contributed by atoms with Gasteiger partial charge in [-0.2, -0.15) is 0 Å². The molecule has 1 heterocycles. The van der Waals surface area contributed by atoms with Crippen LogP contribution in [0.1, 0.15) is 10.4 Å². The molecule has 0 spiro atoms. The zero-order chi connectivity index (χ0) is 13.7. The molecule has 0 aliphatic heterocycles. The Balaban J connectivity index is 2.26. The Hall–Kier alpha value is -2.56. The Labute approximate surface area is 111 Å². The van der Waals surface area contributed by atoms with E-state index in [1.54, 1.807) is 38.6 Å². The maximum atomic E-state index is 12.2. The number of anilines is 2. The van der Waals surface area contributed by atoms with Gasteiger partial charge in [-0.25, -0.2) is 0 Å². The summed E-state index contributed by atoms with van der Waals surface area (Å²) in [5.41, 5.74) is 1.83. The number of pyridine rings is 1. The minimum atomic E-state index is -0.234. The highest BCUT2D eigenvalue weighted by atomic mass is 16.5. The fourth-order valence-corrected chi connectivity index (χ4v) is 1.73. The quantitative estimate of drug-likeness (QED) is 0.882. The first-order valence-electron chi connectivity index (χ1n) is 5.82. The molecule has 0 saturated carbocycles. The highest BCUT2D eigenvalue weighted by Crippen LogP contribution is 2.24. The molecule has 1 aromatic heterocycles. The predicted molar refractivity (Wildman–Crippen MR) is 74.7 cm³/mol. The number of benzene rings is 1. The molecule has 5 nitrogen and oxygen atoms in total. The summed E-state index contributed by atoms with van der Waals surface area (Å²) in [6, 6.07) is 9.00. The lowest BCUT2D eigenvalue weighted by Gasteiger charge is -2.11. The average molecular weight is 257 g/mol. The summed E-state index contributed by atoms with van der Waals surface area (Å²) in [5, 5.41) is 5.77. The third kappa shape index (κ3) is 2.82. The van der Waals surface area contributed by atoms with Crippen molar-refractivity contribution in [2.24, 2.45) is 0 Å². The smallest absolute Gasteiger partial charge is 0.259 e. The zero-order valence-corrected chi connectivity index (χ0v) is 10.8. The molecule has 0 aliphatic carbocycles. The SMILES string of the molecule is CNc1ccncc1C(=O)Nc1ccccc1OC. The van der Waals surface area contributed by atoms with Crippen LogP contribution in [0.4, 0.5) is 11.4 Å². The number of aromatic nitrogens is 1. The van der Waals surface area contributed by atoms with Crippen molar-refractivity contribution in [3.63, 3.8) is 0 Å². The van der Waals surface area contributed by atoms with Crippen molar-refractivity contribution < 1.29 is 9.53 Å². The van der Waals surface area contributed by atoms with E-state index in [0.29, 0.717) is 17.0 Å². The number of carbonyl (C=O) groups excluding carboxylic acids is 1. The van der Waals surface area contributed by atoms with Crippen molar-refractivity contribution in [3.05, 3.63) is 48.3 Å². The third-order valence-electron chi connectivity index (χ3n) is 2.69. The van der Waals surface area contributed by atoms with Crippen LogP contribution in [0.25, 0.3) is 0 Å². The number of hydrogen-bond acceptors (Lipinski definition) is 4. The first-order chi connectivity index (χ1) is 9.26. The lowest BCUT2D eigenvalue weighted by atomic mass is 10.2. The van der Waals surface area contributed by atoms with E-state index in [9.17, 15) is 4.79 Å². The fourth-order valence-electron chi connectivity index (χ4n) is 1.73. The van der Waals surface area contributed by atoms with Gasteiger partial charge >= 0.3 is 0 Å². The Bertz CT molecular complexity index is 584. The number of carbonyl (C=O) groups is 1. The molecule has 2 rings (SSSR count). The Morgan fingerprint density at radius 2 is 2.00 bits per heavy atom. The molecule has 19 heavy (non-hydrogen) atoms. The van der Waals surface area contributed by atoms with Gasteiger partial charge in [0.05, 0.1) is 18.4 Å². The number of hydrogen-bond donors (Lipinski definition) is 2. The molecular formula is C14H15N3O2. The molecule has 0 bridgehead atoms. The third-order valence-corrected chi connectivity index (χ3v) is 2.69. The molecule has 1 aromatic carbocycles. The van der Waals surface area contributed by atoms with Crippen molar-refractivity contribution in [3.8, 4) is 5.75 Å². The molecule has 5 heteroatoms. The predicted octanol–water partition coefficient (Wildman–Crippen LogP) is 2.38. The summed E-state index contributed by atoms with van der Waals surface area (Å²) in [6.07, 6.45) is 3.16. The minimum Gasteiger partial charge on any atom is -0.495 e. The lowest BCUT2D eigenvalue weighted by molar-refractivity contribution is 0.102. The van der Waals surface area contributed by atoms with Crippen LogP contribution in [0.2, 0.25) is 0 Å². The van der Waals surface area contributed by atoms with Crippen LogP contribution in [-0.2, 0) is 0 Å². The Morgan fingerprint density at radius 3 is 2.74 bits per heavy atom. The highest BCUT2D eigenvalue weighted by Gasteiger charge is 2.12. The van der Waals surface area contributed by atoms with Crippen molar-refractivity contribution in [2.45, 2.75) is 0 Å². The molecule has 1 amide bonds. The van der Waals surface area contributed by atoms with Crippen molar-refractivity contribution in [1.29, 1.82) is 0 Å². The maximum absolute atomic E-state index is 12.2. The molecule has 0 atom stereocenters. The van der Waals surface area contributed by atoms with Crippen LogP contribution in [0.3, 0.4) is 0 Å². The molecule has 0 fully saturated rings. The molecule has 98 valence electrons. The lowest BCUT2D eigenvalue weighted by Crippen LogP contribution is -2.14. The van der Waals surface area contributed by atoms with Gasteiger partial charge in [0.25, 0.3) is 5.91 Å². The van der Waals surface area contributed by atoms with Crippen molar-refractivity contribution in [1.82, 2.24) is 4.98 Å². The van der Waals surface area contributed by atoms with Crippen LogP contribution in [0.5, 0.6) is 5.75 Å². The van der Waals surface area contributed by atoms with E-state index in [0.717, 1.165) is 5.69 Å². The van der Waals surface area contributed by atoms with E-state index in [1.807, 2.05) is 12.1 Å². The van der Waals surface area contributed by atoms with Crippen LogP contribution in [0, 0.1) is 0 Å². The summed E-state index contributed by atoms with van der Waals surface area (Å²) < 4.78 is 5.19. The van der Waals surface area contributed by atoms with Crippen molar-refractivity contribution >= 4 is 17.3 Å². The van der Waals surface area contributed by atoms with Gasteiger partial charge in [-0.1, -0.05) is 12.1 Å². The molecule has 0 aliphatic rings. The Morgan fingerprint density at radius 1 is 1.21 bits per heavy atom. The van der Waals surface area contributed by atoms with Gasteiger partial charge in [-0.3, -0.25) is 9.78 Å². The average Bonchev–Trinajstić information content (AvgIpc) is 2.47. The summed E-state index contributed by atoms with van der Waals surface area (Å²) in [4.78, 5) is 16.2. The van der Waals surface area contributed by atoms with Gasteiger partial charge in [0.1, 0.15) is 5.75 Å². The monoisotopic (exact) mass is 257 g/mol. The first-order valence-corrected chi connectivity index (χ1v) is 5.82. The highest BCUT2D eigenvalue weighted by molar-refractivity contribution is 6.08. The zero-order valence-electron chi connectivity index (χ0n) is 10.8. The van der Waals surface area contributed by atoms with Gasteiger partial charge in [-0.05, 0) is 18.2 Å². The van der Waals surface area contributed by atoms with Crippen molar-refractivity contribution in [2.75, 3.05) is 24.8 Å². The largest absolute Gasteiger partial charge is 0.495 e. The van der Waals surface area contributed by atoms with Gasteiger partial charge < -0.3 is 15.4 Å². The summed E-state index contributed by atoms with van der Waals surface area (Å²) in [7, 11) is 3.32. The molecule has 2 N–H and O–H groups in total. The standard InChI is InChI=1S/C14H15N3O2/c1-15-11-7-8-16-9-10(11)14(18)17-12-5-3-4-6-13(12)19-2/h3-9H,1-2H3,(H,15,16)(H,17,18). The van der Waals surface area contributed by atoms with E-state index >= 15 is 0 Å². The number of ether oxygens (including phenoxy) is 1. The van der Waals surface area contributed by atoms with Gasteiger partial charge in [0.15, 0.2) is 0 Å². The number of amides is 1.